The van der Waals surface area contributed by atoms with Gasteiger partial charge in [0.05, 0.1) is 13.0 Å². The van der Waals surface area contributed by atoms with Gasteiger partial charge in [0.25, 0.3) is 0 Å². The molecule has 2 aromatic rings. The lowest BCUT2D eigenvalue weighted by atomic mass is 10.2. The van der Waals surface area contributed by atoms with Gasteiger partial charge in [0, 0.05) is 9.58 Å². The second kappa shape index (κ2) is 4.61. The number of esters is 1. The Hall–Kier alpha value is -1.42. The van der Waals surface area contributed by atoms with E-state index in [9.17, 15) is 9.18 Å². The minimum atomic E-state index is -0.256. The molecule has 0 aliphatic carbocycles. The molecule has 84 valence electrons. The standard InChI is InChI=1S/C12H11FO2S/c1-2-15-12(14)7-10-6-8-5-9(13)3-4-11(8)16-10/h3-6H,2,7H2,1H3. The maximum Gasteiger partial charge on any atom is 0.311 e. The molecule has 0 amide bonds. The SMILES string of the molecule is CCOC(=O)Cc1cc2cc(F)ccc2s1. The van der Waals surface area contributed by atoms with E-state index in [4.69, 9.17) is 4.74 Å². The zero-order chi connectivity index (χ0) is 11.5. The first-order valence-electron chi connectivity index (χ1n) is 5.02. The smallest absolute Gasteiger partial charge is 0.311 e. The average Bonchev–Trinajstić information content (AvgIpc) is 2.59. The predicted octanol–water partition coefficient (Wildman–Crippen LogP) is 3.15. The number of fused-ring (bicyclic) bond motifs is 1. The van der Waals surface area contributed by atoms with Gasteiger partial charge in [0.2, 0.25) is 0 Å². The number of carbonyl (C=O) groups excluding carboxylic acids is 1. The van der Waals surface area contributed by atoms with Crippen molar-refractivity contribution in [1.29, 1.82) is 0 Å². The molecular formula is C12H11FO2S. The van der Waals surface area contributed by atoms with Crippen molar-refractivity contribution in [3.63, 3.8) is 0 Å². The van der Waals surface area contributed by atoms with Gasteiger partial charge in [-0.05, 0) is 36.6 Å². The van der Waals surface area contributed by atoms with Crippen LogP contribution in [0.2, 0.25) is 0 Å². The maximum atomic E-state index is 12.9. The Balaban J connectivity index is 2.23. The van der Waals surface area contributed by atoms with Crippen molar-refractivity contribution in [3.8, 4) is 0 Å². The van der Waals surface area contributed by atoms with Gasteiger partial charge in [-0.3, -0.25) is 4.79 Å². The van der Waals surface area contributed by atoms with Crippen LogP contribution in [0.5, 0.6) is 0 Å². The Labute approximate surface area is 96.7 Å². The molecule has 0 bridgehead atoms. The van der Waals surface area contributed by atoms with Crippen molar-refractivity contribution < 1.29 is 13.9 Å². The number of benzene rings is 1. The number of carbonyl (C=O) groups is 1. The summed E-state index contributed by atoms with van der Waals surface area (Å²) in [6.07, 6.45) is 0.259. The van der Waals surface area contributed by atoms with Crippen molar-refractivity contribution in [2.75, 3.05) is 6.61 Å². The highest BCUT2D eigenvalue weighted by Crippen LogP contribution is 2.26. The van der Waals surface area contributed by atoms with Crippen LogP contribution in [0.1, 0.15) is 11.8 Å². The van der Waals surface area contributed by atoms with Crippen LogP contribution in [0.15, 0.2) is 24.3 Å². The molecule has 0 fully saturated rings. The Kier molecular flexibility index (Phi) is 3.19. The van der Waals surface area contributed by atoms with Crippen LogP contribution in [0.4, 0.5) is 4.39 Å². The van der Waals surface area contributed by atoms with Gasteiger partial charge in [0.1, 0.15) is 5.82 Å². The highest BCUT2D eigenvalue weighted by atomic mass is 32.1. The molecule has 0 saturated heterocycles. The highest BCUT2D eigenvalue weighted by molar-refractivity contribution is 7.19. The van der Waals surface area contributed by atoms with Crippen molar-refractivity contribution in [2.24, 2.45) is 0 Å². The number of rotatable bonds is 3. The minimum absolute atomic E-state index is 0.241. The van der Waals surface area contributed by atoms with Crippen molar-refractivity contribution in [2.45, 2.75) is 13.3 Å². The van der Waals surface area contributed by atoms with Crippen LogP contribution in [0.3, 0.4) is 0 Å². The molecule has 1 aromatic heterocycles. The number of ether oxygens (including phenoxy) is 1. The lowest BCUT2D eigenvalue weighted by Gasteiger charge is -1.97. The summed E-state index contributed by atoms with van der Waals surface area (Å²) >= 11 is 1.49. The van der Waals surface area contributed by atoms with Gasteiger partial charge in [-0.25, -0.2) is 4.39 Å². The summed E-state index contributed by atoms with van der Waals surface area (Å²) in [6.45, 7) is 2.16. The second-order valence-electron chi connectivity index (χ2n) is 3.38. The lowest BCUT2D eigenvalue weighted by molar-refractivity contribution is -0.142. The molecule has 0 N–H and O–H groups in total. The molecule has 0 atom stereocenters. The van der Waals surface area contributed by atoms with E-state index in [-0.39, 0.29) is 18.2 Å². The quantitative estimate of drug-likeness (QED) is 0.768. The van der Waals surface area contributed by atoms with E-state index in [0.717, 1.165) is 15.0 Å². The van der Waals surface area contributed by atoms with Crippen LogP contribution < -0.4 is 0 Å². The highest BCUT2D eigenvalue weighted by Gasteiger charge is 2.08. The molecule has 2 rings (SSSR count). The van der Waals surface area contributed by atoms with E-state index in [0.29, 0.717) is 6.61 Å². The van der Waals surface area contributed by atoms with Crippen LogP contribution in [0, 0.1) is 5.82 Å². The van der Waals surface area contributed by atoms with E-state index < -0.39 is 0 Å². The Bertz CT molecular complexity index is 519. The van der Waals surface area contributed by atoms with Crippen LogP contribution >= 0.6 is 11.3 Å². The fourth-order valence-corrected chi connectivity index (χ4v) is 2.54. The summed E-state index contributed by atoms with van der Waals surface area (Å²) in [7, 11) is 0. The van der Waals surface area contributed by atoms with E-state index in [2.05, 4.69) is 0 Å². The third kappa shape index (κ3) is 2.39. The molecule has 0 aliphatic heterocycles. The summed E-state index contributed by atoms with van der Waals surface area (Å²) in [6, 6.07) is 6.46. The predicted molar refractivity (Wildman–Crippen MR) is 62.1 cm³/mol. The van der Waals surface area contributed by atoms with Crippen LogP contribution in [-0.2, 0) is 16.0 Å². The molecule has 0 saturated carbocycles. The fraction of sp³-hybridized carbons (Fsp3) is 0.250. The Morgan fingerprint density at radius 3 is 3.00 bits per heavy atom. The van der Waals surface area contributed by atoms with Gasteiger partial charge in [0.15, 0.2) is 0 Å². The summed E-state index contributed by atoms with van der Waals surface area (Å²) in [5.41, 5.74) is 0. The number of hydrogen-bond donors (Lipinski definition) is 0. The molecule has 0 spiro atoms. The molecule has 2 nitrogen and oxygen atoms in total. The molecule has 4 heteroatoms. The van der Waals surface area contributed by atoms with Gasteiger partial charge >= 0.3 is 5.97 Å². The fourth-order valence-electron chi connectivity index (χ4n) is 1.51. The number of hydrogen-bond acceptors (Lipinski definition) is 3. The average molecular weight is 238 g/mol. The molecule has 0 radical (unpaired) electrons. The summed E-state index contributed by atoms with van der Waals surface area (Å²) in [5, 5.41) is 0.837. The van der Waals surface area contributed by atoms with E-state index in [1.165, 1.54) is 23.5 Å². The summed E-state index contributed by atoms with van der Waals surface area (Å²) in [5.74, 6) is -0.498. The van der Waals surface area contributed by atoms with Crippen LogP contribution in [-0.4, -0.2) is 12.6 Å². The molecule has 1 heterocycles. The van der Waals surface area contributed by atoms with Crippen molar-refractivity contribution in [3.05, 3.63) is 35.0 Å². The third-order valence-corrected chi connectivity index (χ3v) is 3.27. The first-order chi connectivity index (χ1) is 7.69. The minimum Gasteiger partial charge on any atom is -0.466 e. The van der Waals surface area contributed by atoms with E-state index in [1.807, 2.05) is 6.07 Å². The zero-order valence-electron chi connectivity index (χ0n) is 8.83. The van der Waals surface area contributed by atoms with Crippen LogP contribution in [0.25, 0.3) is 10.1 Å². The normalized spacial score (nSPS) is 10.6. The number of halogens is 1. The van der Waals surface area contributed by atoms with Crippen molar-refractivity contribution >= 4 is 27.4 Å². The van der Waals surface area contributed by atoms with Gasteiger partial charge in [-0.15, -0.1) is 11.3 Å². The first kappa shape index (κ1) is 11.1. The van der Waals surface area contributed by atoms with Crippen molar-refractivity contribution in [1.82, 2.24) is 0 Å². The lowest BCUT2D eigenvalue weighted by Crippen LogP contribution is -2.05. The summed E-state index contributed by atoms with van der Waals surface area (Å²) < 4.78 is 18.8. The van der Waals surface area contributed by atoms with Gasteiger partial charge < -0.3 is 4.74 Å². The first-order valence-corrected chi connectivity index (χ1v) is 5.84. The van der Waals surface area contributed by atoms with E-state index in [1.54, 1.807) is 13.0 Å². The Morgan fingerprint density at radius 1 is 1.44 bits per heavy atom. The van der Waals surface area contributed by atoms with Gasteiger partial charge in [-0.2, -0.15) is 0 Å². The van der Waals surface area contributed by atoms with E-state index >= 15 is 0 Å². The topological polar surface area (TPSA) is 26.3 Å². The monoisotopic (exact) mass is 238 g/mol. The van der Waals surface area contributed by atoms with Gasteiger partial charge in [-0.1, -0.05) is 0 Å². The maximum absolute atomic E-state index is 12.9. The summed E-state index contributed by atoms with van der Waals surface area (Å²) in [4.78, 5) is 12.2. The second-order valence-corrected chi connectivity index (χ2v) is 4.54. The Morgan fingerprint density at radius 2 is 2.25 bits per heavy atom. The molecular weight excluding hydrogens is 227 g/mol. The zero-order valence-corrected chi connectivity index (χ0v) is 9.64. The largest absolute Gasteiger partial charge is 0.466 e. The third-order valence-electron chi connectivity index (χ3n) is 2.15. The molecule has 0 aliphatic rings. The number of thiophene rings is 1. The molecule has 1 aromatic carbocycles. The molecule has 0 unspecified atom stereocenters. The molecule has 16 heavy (non-hydrogen) atoms.